The minimum absolute atomic E-state index is 0.206. The van der Waals surface area contributed by atoms with Crippen molar-refractivity contribution in [3.63, 3.8) is 0 Å². The third-order valence-electron chi connectivity index (χ3n) is 6.86. The summed E-state index contributed by atoms with van der Waals surface area (Å²) < 4.78 is 0. The second kappa shape index (κ2) is 6.12. The summed E-state index contributed by atoms with van der Waals surface area (Å²) in [5.74, 6) is 2.57. The Labute approximate surface area is 134 Å². The summed E-state index contributed by atoms with van der Waals surface area (Å²) in [6.45, 7) is 4.08. The molecule has 1 amide bonds. The van der Waals surface area contributed by atoms with Gasteiger partial charge in [0.2, 0.25) is 5.91 Å². The quantitative estimate of drug-likeness (QED) is 0.847. The summed E-state index contributed by atoms with van der Waals surface area (Å²) in [6.07, 6.45) is 10.0. The molecule has 0 aromatic rings. The van der Waals surface area contributed by atoms with Crippen LogP contribution in [0.2, 0.25) is 0 Å². The fourth-order valence-corrected chi connectivity index (χ4v) is 5.64. The van der Waals surface area contributed by atoms with Crippen LogP contribution in [0.1, 0.15) is 51.4 Å². The van der Waals surface area contributed by atoms with Gasteiger partial charge in [-0.2, -0.15) is 0 Å². The standard InChI is InChI=1S/C18H31N3O/c19-16-3-1-2-15(12-16)18(22)21-8-6-20(7-9-21)17-11-13-4-5-14(17)10-13/h13-17H,1-12,19H2. The van der Waals surface area contributed by atoms with Crippen molar-refractivity contribution in [1.29, 1.82) is 0 Å². The minimum atomic E-state index is 0.206. The monoisotopic (exact) mass is 305 g/mol. The van der Waals surface area contributed by atoms with E-state index in [0.29, 0.717) is 5.91 Å². The van der Waals surface area contributed by atoms with Crippen LogP contribution in [-0.4, -0.2) is 54.0 Å². The molecule has 0 spiro atoms. The summed E-state index contributed by atoms with van der Waals surface area (Å²) in [5, 5.41) is 0. The lowest BCUT2D eigenvalue weighted by Gasteiger charge is -2.42. The Morgan fingerprint density at radius 1 is 0.909 bits per heavy atom. The number of nitrogens with zero attached hydrogens (tertiary/aromatic N) is 2. The molecule has 4 fully saturated rings. The maximum absolute atomic E-state index is 12.7. The number of fused-ring (bicyclic) bond motifs is 2. The van der Waals surface area contributed by atoms with Gasteiger partial charge in [0.05, 0.1) is 0 Å². The molecule has 3 saturated carbocycles. The number of carbonyl (C=O) groups is 1. The topological polar surface area (TPSA) is 49.6 Å². The molecular formula is C18H31N3O. The van der Waals surface area contributed by atoms with E-state index < -0.39 is 0 Å². The normalized spacial score (nSPS) is 42.8. The second-order valence-corrected chi connectivity index (χ2v) is 8.23. The molecule has 2 N–H and O–H groups in total. The van der Waals surface area contributed by atoms with E-state index in [0.717, 1.165) is 69.7 Å². The summed E-state index contributed by atoms with van der Waals surface area (Å²) in [4.78, 5) is 17.5. The van der Waals surface area contributed by atoms with E-state index in [9.17, 15) is 4.79 Å². The predicted molar refractivity (Wildman–Crippen MR) is 87.3 cm³/mol. The first-order valence-corrected chi connectivity index (χ1v) is 9.49. The lowest BCUT2D eigenvalue weighted by atomic mass is 9.85. The Balaban J connectivity index is 1.29. The molecule has 3 aliphatic carbocycles. The van der Waals surface area contributed by atoms with Crippen molar-refractivity contribution >= 4 is 5.91 Å². The number of nitrogens with two attached hydrogens (primary N) is 1. The van der Waals surface area contributed by atoms with Gasteiger partial charge in [-0.05, 0) is 50.4 Å². The van der Waals surface area contributed by atoms with Gasteiger partial charge in [-0.1, -0.05) is 12.8 Å². The van der Waals surface area contributed by atoms with Gasteiger partial charge in [-0.15, -0.1) is 0 Å². The van der Waals surface area contributed by atoms with Crippen molar-refractivity contribution in [2.24, 2.45) is 23.5 Å². The lowest BCUT2D eigenvalue weighted by molar-refractivity contribution is -0.139. The zero-order chi connectivity index (χ0) is 15.1. The molecule has 4 aliphatic rings. The molecule has 2 bridgehead atoms. The molecule has 5 unspecified atom stereocenters. The molecule has 0 aromatic heterocycles. The maximum Gasteiger partial charge on any atom is 0.225 e. The van der Waals surface area contributed by atoms with Gasteiger partial charge in [0.25, 0.3) is 0 Å². The van der Waals surface area contributed by atoms with Gasteiger partial charge in [0.15, 0.2) is 0 Å². The van der Waals surface area contributed by atoms with Crippen LogP contribution in [0.5, 0.6) is 0 Å². The highest BCUT2D eigenvalue weighted by atomic mass is 16.2. The number of amides is 1. The SMILES string of the molecule is NC1CCCC(C(=O)N2CCN(C3CC4CCC3C4)CC2)C1. The highest BCUT2D eigenvalue weighted by molar-refractivity contribution is 5.79. The van der Waals surface area contributed by atoms with E-state index in [1.54, 1.807) is 0 Å². The zero-order valence-electron chi connectivity index (χ0n) is 13.8. The summed E-state index contributed by atoms with van der Waals surface area (Å²) in [5.41, 5.74) is 6.05. The number of hydrogen-bond donors (Lipinski definition) is 1. The average Bonchev–Trinajstić information content (AvgIpc) is 3.17. The Morgan fingerprint density at radius 3 is 2.36 bits per heavy atom. The Bertz CT molecular complexity index is 419. The van der Waals surface area contributed by atoms with Crippen LogP contribution in [0.15, 0.2) is 0 Å². The number of piperazine rings is 1. The largest absolute Gasteiger partial charge is 0.340 e. The maximum atomic E-state index is 12.7. The van der Waals surface area contributed by atoms with Gasteiger partial charge in [0.1, 0.15) is 0 Å². The second-order valence-electron chi connectivity index (χ2n) is 8.23. The highest BCUT2D eigenvalue weighted by Gasteiger charge is 2.43. The number of hydrogen-bond acceptors (Lipinski definition) is 3. The Morgan fingerprint density at radius 2 is 1.73 bits per heavy atom. The molecule has 4 rings (SSSR count). The molecule has 1 aliphatic heterocycles. The van der Waals surface area contributed by atoms with Gasteiger partial charge in [-0.3, -0.25) is 9.69 Å². The third kappa shape index (κ3) is 2.80. The van der Waals surface area contributed by atoms with E-state index in [1.807, 2.05) is 0 Å². The fraction of sp³-hybridized carbons (Fsp3) is 0.944. The predicted octanol–water partition coefficient (Wildman–Crippen LogP) is 1.84. The van der Waals surface area contributed by atoms with Crippen molar-refractivity contribution in [3.05, 3.63) is 0 Å². The first kappa shape index (κ1) is 14.9. The van der Waals surface area contributed by atoms with Gasteiger partial charge in [0, 0.05) is 44.2 Å². The molecule has 0 aromatic carbocycles. The minimum Gasteiger partial charge on any atom is -0.340 e. The van der Waals surface area contributed by atoms with Crippen LogP contribution in [0.25, 0.3) is 0 Å². The van der Waals surface area contributed by atoms with Crippen LogP contribution < -0.4 is 5.73 Å². The van der Waals surface area contributed by atoms with Crippen molar-refractivity contribution in [2.75, 3.05) is 26.2 Å². The lowest BCUT2D eigenvalue weighted by Crippen LogP contribution is -2.54. The van der Waals surface area contributed by atoms with E-state index in [4.69, 9.17) is 5.73 Å². The van der Waals surface area contributed by atoms with Crippen LogP contribution in [0.3, 0.4) is 0 Å². The molecule has 4 nitrogen and oxygen atoms in total. The van der Waals surface area contributed by atoms with Crippen LogP contribution in [-0.2, 0) is 4.79 Å². The van der Waals surface area contributed by atoms with E-state index in [-0.39, 0.29) is 12.0 Å². The Kier molecular flexibility index (Phi) is 4.16. The zero-order valence-corrected chi connectivity index (χ0v) is 13.8. The highest BCUT2D eigenvalue weighted by Crippen LogP contribution is 2.46. The Hall–Kier alpha value is -0.610. The fourth-order valence-electron chi connectivity index (χ4n) is 5.64. The summed E-state index contributed by atoms with van der Waals surface area (Å²) in [6, 6.07) is 1.08. The van der Waals surface area contributed by atoms with Gasteiger partial charge < -0.3 is 10.6 Å². The van der Waals surface area contributed by atoms with Crippen LogP contribution >= 0.6 is 0 Å². The smallest absolute Gasteiger partial charge is 0.225 e. The molecule has 1 saturated heterocycles. The van der Waals surface area contributed by atoms with Crippen molar-refractivity contribution in [1.82, 2.24) is 9.80 Å². The molecule has 5 atom stereocenters. The van der Waals surface area contributed by atoms with Gasteiger partial charge in [-0.25, -0.2) is 0 Å². The van der Waals surface area contributed by atoms with Crippen molar-refractivity contribution in [2.45, 2.75) is 63.5 Å². The van der Waals surface area contributed by atoms with Crippen molar-refractivity contribution < 1.29 is 4.79 Å². The molecule has 124 valence electrons. The third-order valence-corrected chi connectivity index (χ3v) is 6.86. The molecule has 0 radical (unpaired) electrons. The summed E-state index contributed by atoms with van der Waals surface area (Å²) in [7, 11) is 0. The van der Waals surface area contributed by atoms with Gasteiger partial charge >= 0.3 is 0 Å². The first-order chi connectivity index (χ1) is 10.7. The van der Waals surface area contributed by atoms with E-state index in [1.165, 1.54) is 25.7 Å². The van der Waals surface area contributed by atoms with E-state index in [2.05, 4.69) is 9.80 Å². The van der Waals surface area contributed by atoms with Crippen LogP contribution in [0, 0.1) is 17.8 Å². The number of rotatable bonds is 2. The molecule has 22 heavy (non-hydrogen) atoms. The average molecular weight is 305 g/mol. The first-order valence-electron chi connectivity index (χ1n) is 9.49. The molecule has 1 heterocycles. The molecular weight excluding hydrogens is 274 g/mol. The number of carbonyl (C=O) groups excluding carboxylic acids is 1. The van der Waals surface area contributed by atoms with Crippen LogP contribution in [0.4, 0.5) is 0 Å². The van der Waals surface area contributed by atoms with Crippen molar-refractivity contribution in [3.8, 4) is 0 Å². The molecule has 4 heteroatoms. The summed E-state index contributed by atoms with van der Waals surface area (Å²) >= 11 is 0. The van der Waals surface area contributed by atoms with E-state index >= 15 is 0 Å².